The summed E-state index contributed by atoms with van der Waals surface area (Å²) in [6.45, 7) is 0. The van der Waals surface area contributed by atoms with Gasteiger partial charge in [-0.15, -0.1) is 0 Å². The second kappa shape index (κ2) is 32.4. The van der Waals surface area contributed by atoms with E-state index in [1.54, 1.807) is 0 Å². The van der Waals surface area contributed by atoms with Gasteiger partial charge in [0, 0.05) is 109 Å². The van der Waals surface area contributed by atoms with Crippen molar-refractivity contribution in [1.29, 1.82) is 0 Å². The Morgan fingerprint density at radius 3 is 0.800 bits per heavy atom. The van der Waals surface area contributed by atoms with E-state index in [-0.39, 0.29) is 0 Å². The monoisotopic (exact) mass is 1850 g/mol. The molecule has 31 aromatic rings. The van der Waals surface area contributed by atoms with Gasteiger partial charge in [0.05, 0.1) is 66.8 Å². The lowest BCUT2D eigenvalue weighted by atomic mass is 9.93. The van der Waals surface area contributed by atoms with Gasteiger partial charge in [-0.05, 0) is 182 Å². The molecule has 0 aliphatic rings. The molecule has 0 aliphatic heterocycles. The molecule has 9 heterocycles. The van der Waals surface area contributed by atoms with Gasteiger partial charge in [-0.2, -0.15) is 0 Å². The quantitative estimate of drug-likeness (QED) is 0.110. The first-order valence-electron chi connectivity index (χ1n) is 48.9. The molecular weight excluding hydrogens is 1770 g/mol. The second-order valence-electron chi connectivity index (χ2n) is 37.4. The lowest BCUT2D eigenvalue weighted by Crippen LogP contribution is -2.00. The Kier molecular flexibility index (Phi) is 18.2. The zero-order chi connectivity index (χ0) is 95.0. The second-order valence-corrected chi connectivity index (χ2v) is 37.4. The number of hydrogen-bond acceptors (Lipinski definition) is 9. The average Bonchev–Trinajstić information content (AvgIpc) is 1.48. The Hall–Kier alpha value is -19.8. The molecule has 0 unspecified atom stereocenters. The molecule has 13 nitrogen and oxygen atoms in total. The number of rotatable bonds is 12. The summed E-state index contributed by atoms with van der Waals surface area (Å²) in [6, 6.07) is 167. The van der Waals surface area contributed by atoms with Gasteiger partial charge in [0.1, 0.15) is 16.7 Å². The highest BCUT2D eigenvalue weighted by atomic mass is 16.3. The minimum absolute atomic E-state index is 0.551. The molecule has 0 radical (unpaired) electrons. The first kappa shape index (κ1) is 81.3. The van der Waals surface area contributed by atoms with Crippen LogP contribution in [0.5, 0.6) is 0 Å². The summed E-state index contributed by atoms with van der Waals surface area (Å²) >= 11 is 0. The zero-order valence-electron chi connectivity index (χ0n) is 77.7. The van der Waals surface area contributed by atoms with E-state index in [2.05, 4.69) is 346 Å². The van der Waals surface area contributed by atoms with Crippen LogP contribution in [-0.4, -0.2) is 48.2 Å². The van der Waals surface area contributed by atoms with Crippen LogP contribution in [0.4, 0.5) is 0 Å². The molecule has 0 amide bonds. The van der Waals surface area contributed by atoms with Crippen molar-refractivity contribution in [3.05, 3.63) is 473 Å². The first-order valence-corrected chi connectivity index (χ1v) is 48.9. The smallest absolute Gasteiger partial charge is 0.167 e. The molecule has 674 valence electrons. The third kappa shape index (κ3) is 12.9. The van der Waals surface area contributed by atoms with E-state index in [1.165, 1.54) is 75.9 Å². The predicted octanol–water partition coefficient (Wildman–Crippen LogP) is 34.6. The van der Waals surface area contributed by atoms with Crippen LogP contribution in [0.15, 0.2) is 486 Å². The van der Waals surface area contributed by atoms with Gasteiger partial charge in [0.15, 0.2) is 51.7 Å². The van der Waals surface area contributed by atoms with E-state index in [0.717, 1.165) is 188 Å². The van der Waals surface area contributed by atoms with E-state index in [9.17, 15) is 0 Å². The standard InChI is InChI=1S/C69H41N5O.C63H37N5O2/c1-3-16-42(17-4-1)67-70-68(43-18-5-2-6-19-43)72-69(71-67)46-30-34-50-51-35-33-47(41-57(51)49-21-8-7-20-48(49)56(50)40-46)73-60-26-12-9-22-52(60)58-38-44(31-36-62(58)73)45-32-37-63-59(39-45)53-23-10-13-27-61(53)74(63)64-28-15-25-55-54-24-11-14-29-65(54)75-66(55)64;1-3-16-38(17-4-1)61-64-62(39-18-5-2-6-19-39)66-63(65-61)48-26-13-23-46-47-25-15-30-56(60(47)70-58(46)48)68-52-28-11-8-21-43(52)50-37-41(33-35-54(50)68)40-32-34-53-49(36-40)42-20-7-10-27-51(42)67(53)55-29-14-24-45-44-22-9-12-31-57(44)69-59(45)55/h1-41H;1-37H. The summed E-state index contributed by atoms with van der Waals surface area (Å²) in [5, 5.41) is 23.1. The van der Waals surface area contributed by atoms with Crippen LogP contribution in [-0.2, 0) is 0 Å². The number of hydrogen-bond donors (Lipinski definition) is 0. The summed E-state index contributed by atoms with van der Waals surface area (Å²) in [6.07, 6.45) is 0. The van der Waals surface area contributed by atoms with E-state index in [4.69, 9.17) is 43.2 Å². The van der Waals surface area contributed by atoms with Crippen molar-refractivity contribution < 1.29 is 13.3 Å². The van der Waals surface area contributed by atoms with Gasteiger partial charge in [0.2, 0.25) is 0 Å². The van der Waals surface area contributed by atoms with Crippen molar-refractivity contribution in [2.75, 3.05) is 0 Å². The summed E-state index contributed by atoms with van der Waals surface area (Å²) in [4.78, 5) is 30.2. The molecule has 31 rings (SSSR count). The molecule has 22 aromatic carbocycles. The maximum Gasteiger partial charge on any atom is 0.167 e. The largest absolute Gasteiger partial charge is 0.454 e. The van der Waals surface area contributed by atoms with E-state index in [1.807, 2.05) is 146 Å². The minimum atomic E-state index is 0.551. The van der Waals surface area contributed by atoms with E-state index in [0.29, 0.717) is 34.9 Å². The highest BCUT2D eigenvalue weighted by Gasteiger charge is 2.28. The maximum absolute atomic E-state index is 7.09. The average molecular weight is 1850 g/mol. The van der Waals surface area contributed by atoms with Crippen molar-refractivity contribution >= 4 is 185 Å². The van der Waals surface area contributed by atoms with Crippen molar-refractivity contribution in [3.8, 4) is 113 Å². The lowest BCUT2D eigenvalue weighted by molar-refractivity contribution is 0.666. The van der Waals surface area contributed by atoms with Crippen LogP contribution in [0.3, 0.4) is 0 Å². The SMILES string of the molecule is c1ccc(-c2nc(-c3ccccc3)nc(-c3ccc4c5ccc(-n6c7ccccc7c7cc(-c8ccc9c(c8)c8ccccc8n9-c8cccc9c8oc8ccccc89)ccc76)cc5c5ccccc5c4c3)n2)cc1.c1ccc(-c2nc(-c3ccccc3)nc(-c3cccc4c3oc3c(-n5c6ccccc6c6cc(-c7ccc8c(c7)c7ccccc7n8-c7cccc8c7oc7ccccc78)ccc65)cccc34)n2)cc1. The molecule has 0 aliphatic carbocycles. The molecule has 0 saturated carbocycles. The minimum Gasteiger partial charge on any atom is -0.454 e. The van der Waals surface area contributed by atoms with Gasteiger partial charge in [-0.3, -0.25) is 0 Å². The normalized spacial score (nSPS) is 12.0. The number of para-hydroxylation sites is 10. The van der Waals surface area contributed by atoms with Crippen LogP contribution in [0.2, 0.25) is 0 Å². The van der Waals surface area contributed by atoms with Crippen molar-refractivity contribution in [1.82, 2.24) is 48.2 Å². The summed E-state index contributed by atoms with van der Waals surface area (Å²) < 4.78 is 29.7. The fourth-order valence-electron chi connectivity index (χ4n) is 22.7. The number of nitrogens with zero attached hydrogens (tertiary/aromatic N) is 10. The Balaban J connectivity index is 0.000000135. The molecule has 0 atom stereocenters. The lowest BCUT2D eigenvalue weighted by Gasteiger charge is -2.15. The topological polar surface area (TPSA) is 136 Å². The van der Waals surface area contributed by atoms with Gasteiger partial charge in [-0.25, -0.2) is 29.9 Å². The fraction of sp³-hybridized carbons (Fsp3) is 0. The highest BCUT2D eigenvalue weighted by Crippen LogP contribution is 2.49. The van der Waals surface area contributed by atoms with Crippen LogP contribution in [0, 0.1) is 0 Å². The number of fused-ring (bicyclic) bond motifs is 27. The maximum atomic E-state index is 7.09. The molecule has 13 heteroatoms. The van der Waals surface area contributed by atoms with Gasteiger partial charge in [-0.1, -0.05) is 346 Å². The number of aromatic nitrogens is 10. The van der Waals surface area contributed by atoms with Crippen LogP contribution in [0.25, 0.3) is 299 Å². The molecule has 0 N–H and O–H groups in total. The molecule has 0 spiro atoms. The van der Waals surface area contributed by atoms with Crippen molar-refractivity contribution in [2.45, 2.75) is 0 Å². The Morgan fingerprint density at radius 2 is 0.400 bits per heavy atom. The predicted molar refractivity (Wildman–Crippen MR) is 595 cm³/mol. The molecule has 145 heavy (non-hydrogen) atoms. The zero-order valence-corrected chi connectivity index (χ0v) is 77.7. The van der Waals surface area contributed by atoms with Crippen LogP contribution < -0.4 is 0 Å². The van der Waals surface area contributed by atoms with Crippen molar-refractivity contribution in [3.63, 3.8) is 0 Å². The van der Waals surface area contributed by atoms with E-state index >= 15 is 0 Å². The number of benzene rings is 22. The first-order chi connectivity index (χ1) is 71.9. The van der Waals surface area contributed by atoms with Gasteiger partial charge in [0.25, 0.3) is 0 Å². The summed E-state index contributed by atoms with van der Waals surface area (Å²) in [7, 11) is 0. The van der Waals surface area contributed by atoms with Gasteiger partial charge < -0.3 is 31.5 Å². The highest BCUT2D eigenvalue weighted by molar-refractivity contribution is 6.27. The van der Waals surface area contributed by atoms with Crippen LogP contribution in [0.1, 0.15) is 0 Å². The Bertz CT molecular complexity index is 10700. The Labute approximate surface area is 827 Å². The molecule has 0 saturated heterocycles. The van der Waals surface area contributed by atoms with Crippen LogP contribution >= 0.6 is 0 Å². The van der Waals surface area contributed by atoms with E-state index < -0.39 is 0 Å². The number of furan rings is 3. The molecule has 0 bridgehead atoms. The summed E-state index contributed by atoms with van der Waals surface area (Å²) in [5.74, 6) is 3.69. The van der Waals surface area contributed by atoms with Gasteiger partial charge >= 0.3 is 0 Å². The Morgan fingerprint density at radius 1 is 0.138 bits per heavy atom. The third-order valence-corrected chi connectivity index (χ3v) is 29.3. The molecule has 9 aromatic heterocycles. The fourth-order valence-corrected chi connectivity index (χ4v) is 22.7. The molecular formula is C132H78N10O3. The molecule has 0 fully saturated rings. The summed E-state index contributed by atoms with van der Waals surface area (Å²) in [5.41, 5.74) is 28.3. The third-order valence-electron chi connectivity index (χ3n) is 29.3. The van der Waals surface area contributed by atoms with Crippen molar-refractivity contribution in [2.24, 2.45) is 0 Å².